The van der Waals surface area contributed by atoms with Gasteiger partial charge in [-0.15, -0.1) is 0 Å². The average molecular weight is 452 g/mol. The molecule has 9 nitrogen and oxygen atoms in total. The van der Waals surface area contributed by atoms with Gasteiger partial charge < -0.3 is 19.5 Å². The predicted molar refractivity (Wildman–Crippen MR) is 122 cm³/mol. The number of ether oxygens (including phenoxy) is 2. The van der Waals surface area contributed by atoms with Crippen molar-refractivity contribution in [3.8, 4) is 22.8 Å². The van der Waals surface area contributed by atoms with Crippen molar-refractivity contribution in [3.63, 3.8) is 0 Å². The Morgan fingerprint density at radius 1 is 1.12 bits per heavy atom. The molecule has 0 fully saturated rings. The molecule has 0 aliphatic rings. The van der Waals surface area contributed by atoms with Crippen molar-refractivity contribution >= 4 is 22.7 Å². The van der Waals surface area contributed by atoms with E-state index in [4.69, 9.17) is 9.47 Å². The second-order valence-corrected chi connectivity index (χ2v) is 8.23. The summed E-state index contributed by atoms with van der Waals surface area (Å²) in [6, 6.07) is 6.45. The van der Waals surface area contributed by atoms with Gasteiger partial charge in [0, 0.05) is 30.9 Å². The quantitative estimate of drug-likeness (QED) is 0.455. The van der Waals surface area contributed by atoms with Crippen molar-refractivity contribution in [1.82, 2.24) is 24.7 Å². The lowest BCUT2D eigenvalue weighted by atomic mass is 10.1. The van der Waals surface area contributed by atoms with Crippen molar-refractivity contribution in [2.24, 2.45) is 7.05 Å². The lowest BCUT2D eigenvalue weighted by Crippen LogP contribution is -2.36. The third-order valence-corrected chi connectivity index (χ3v) is 4.95. The number of rotatable bonds is 7. The number of hydrogen-bond acceptors (Lipinski definition) is 8. The molecule has 0 unspecified atom stereocenters. The highest BCUT2D eigenvalue weighted by Crippen LogP contribution is 2.37. The molecule has 172 valence electrons. The first-order chi connectivity index (χ1) is 15.7. The summed E-state index contributed by atoms with van der Waals surface area (Å²) in [7, 11) is 4.69. The summed E-state index contributed by atoms with van der Waals surface area (Å²) >= 11 is 0. The highest BCUT2D eigenvalue weighted by atomic mass is 19.1. The van der Waals surface area contributed by atoms with Crippen molar-refractivity contribution in [2.45, 2.75) is 19.4 Å². The van der Waals surface area contributed by atoms with Crippen LogP contribution in [-0.4, -0.2) is 56.2 Å². The topological polar surface area (TPSA) is 98.4 Å². The molecule has 33 heavy (non-hydrogen) atoms. The van der Waals surface area contributed by atoms with Crippen LogP contribution in [0.2, 0.25) is 0 Å². The lowest BCUT2D eigenvalue weighted by Gasteiger charge is -2.31. The van der Waals surface area contributed by atoms with Crippen LogP contribution < -0.4 is 14.4 Å². The molecule has 4 rings (SSSR count). The molecule has 4 aromatic rings. The molecule has 0 saturated carbocycles. The maximum absolute atomic E-state index is 15.3. The molecule has 1 aromatic carbocycles. The van der Waals surface area contributed by atoms with E-state index >= 15 is 4.39 Å². The van der Waals surface area contributed by atoms with E-state index in [0.717, 1.165) is 5.56 Å². The summed E-state index contributed by atoms with van der Waals surface area (Å²) < 4.78 is 27.5. The Morgan fingerprint density at radius 2 is 1.91 bits per heavy atom. The Kier molecular flexibility index (Phi) is 5.86. The van der Waals surface area contributed by atoms with E-state index in [0.29, 0.717) is 28.4 Å². The molecule has 1 N–H and O–H groups in total. The first-order valence-electron chi connectivity index (χ1n) is 10.2. The summed E-state index contributed by atoms with van der Waals surface area (Å²) in [5.41, 5.74) is 1.36. The van der Waals surface area contributed by atoms with Crippen LogP contribution in [-0.2, 0) is 7.05 Å². The van der Waals surface area contributed by atoms with Gasteiger partial charge in [0.2, 0.25) is 0 Å². The summed E-state index contributed by atoms with van der Waals surface area (Å²) in [5, 5.41) is 14.7. The third-order valence-electron chi connectivity index (χ3n) is 4.95. The largest absolute Gasteiger partial charge is 0.497 e. The zero-order valence-electron chi connectivity index (χ0n) is 19.1. The highest BCUT2D eigenvalue weighted by Gasteiger charge is 2.26. The summed E-state index contributed by atoms with van der Waals surface area (Å²) in [4.78, 5) is 15.3. The number of aryl methyl sites for hydroxylation is 1. The SMILES string of the molecule is COc1cc(OC)c(F)c(N(CC(C)(C)O)c2ccc3ncc(-c4cnn(C)c4)nc3n2)c1. The van der Waals surface area contributed by atoms with E-state index in [-0.39, 0.29) is 18.0 Å². The van der Waals surface area contributed by atoms with Crippen LogP contribution in [0.4, 0.5) is 15.9 Å². The fourth-order valence-corrected chi connectivity index (χ4v) is 3.43. The molecule has 0 amide bonds. The number of aliphatic hydroxyl groups is 1. The summed E-state index contributed by atoms with van der Waals surface area (Å²) in [6.45, 7) is 3.32. The van der Waals surface area contributed by atoms with Crippen LogP contribution in [0, 0.1) is 5.82 Å². The van der Waals surface area contributed by atoms with Crippen LogP contribution in [0.15, 0.2) is 42.9 Å². The monoisotopic (exact) mass is 452 g/mol. The normalized spacial score (nSPS) is 11.6. The number of benzene rings is 1. The molecular weight excluding hydrogens is 427 g/mol. The zero-order valence-corrected chi connectivity index (χ0v) is 19.1. The minimum absolute atomic E-state index is 0.0181. The van der Waals surface area contributed by atoms with E-state index in [9.17, 15) is 5.11 Å². The Hall–Kier alpha value is -3.79. The Morgan fingerprint density at radius 3 is 2.55 bits per heavy atom. The predicted octanol–water partition coefficient (Wildman–Crippen LogP) is 3.49. The van der Waals surface area contributed by atoms with Crippen LogP contribution in [0.5, 0.6) is 11.5 Å². The number of halogens is 1. The maximum atomic E-state index is 15.3. The fraction of sp³-hybridized carbons (Fsp3) is 0.304. The van der Waals surface area contributed by atoms with Crippen molar-refractivity contribution in [3.05, 3.63) is 48.7 Å². The van der Waals surface area contributed by atoms with Crippen molar-refractivity contribution in [2.75, 3.05) is 25.7 Å². The molecule has 0 bridgehead atoms. The van der Waals surface area contributed by atoms with Crippen LogP contribution in [0.25, 0.3) is 22.4 Å². The lowest BCUT2D eigenvalue weighted by molar-refractivity contribution is 0.0895. The molecule has 3 aromatic heterocycles. The molecule has 0 aliphatic carbocycles. The van der Waals surface area contributed by atoms with Crippen LogP contribution in [0.1, 0.15) is 13.8 Å². The van der Waals surface area contributed by atoms with Gasteiger partial charge in [0.05, 0.1) is 50.1 Å². The van der Waals surface area contributed by atoms with Crippen LogP contribution >= 0.6 is 0 Å². The fourth-order valence-electron chi connectivity index (χ4n) is 3.43. The zero-order chi connectivity index (χ0) is 23.8. The number of hydrogen-bond donors (Lipinski definition) is 1. The Labute approximate surface area is 190 Å². The smallest absolute Gasteiger partial charge is 0.188 e. The molecule has 0 saturated heterocycles. The van der Waals surface area contributed by atoms with E-state index in [2.05, 4.69) is 20.1 Å². The third kappa shape index (κ3) is 4.70. The molecule has 0 aliphatic heterocycles. The number of pyridine rings is 1. The van der Waals surface area contributed by atoms with Gasteiger partial charge in [-0.25, -0.2) is 14.4 Å². The molecule has 3 heterocycles. The second kappa shape index (κ2) is 8.62. The van der Waals surface area contributed by atoms with E-state index in [1.54, 1.807) is 48.0 Å². The molecule has 0 radical (unpaired) electrons. The van der Waals surface area contributed by atoms with E-state index < -0.39 is 11.4 Å². The number of nitrogens with zero attached hydrogens (tertiary/aromatic N) is 6. The first kappa shape index (κ1) is 22.4. The van der Waals surface area contributed by atoms with Gasteiger partial charge in [0.1, 0.15) is 17.1 Å². The van der Waals surface area contributed by atoms with E-state index in [1.165, 1.54) is 26.4 Å². The van der Waals surface area contributed by atoms with Gasteiger partial charge in [-0.1, -0.05) is 0 Å². The van der Waals surface area contributed by atoms with E-state index in [1.807, 2.05) is 13.2 Å². The minimum atomic E-state index is -1.16. The first-order valence-corrected chi connectivity index (χ1v) is 10.2. The Balaban J connectivity index is 1.86. The number of fused-ring (bicyclic) bond motifs is 1. The van der Waals surface area contributed by atoms with Gasteiger partial charge >= 0.3 is 0 Å². The van der Waals surface area contributed by atoms with Crippen LogP contribution in [0.3, 0.4) is 0 Å². The standard InChI is InChI=1S/C23H25FN6O3/c1-23(2,31)13-30(18-8-15(32-4)9-19(33-5)21(18)24)20-7-6-16-22(28-20)27-17(11-25-16)14-10-26-29(3)12-14/h6-12,31H,13H2,1-5H3. The number of aromatic nitrogens is 5. The molecule has 10 heteroatoms. The van der Waals surface area contributed by atoms with Gasteiger partial charge in [0.15, 0.2) is 17.2 Å². The maximum Gasteiger partial charge on any atom is 0.188 e. The van der Waals surface area contributed by atoms with Gasteiger partial charge in [-0.05, 0) is 26.0 Å². The second-order valence-electron chi connectivity index (χ2n) is 8.23. The highest BCUT2D eigenvalue weighted by molar-refractivity contribution is 5.77. The Bertz CT molecular complexity index is 1300. The average Bonchev–Trinajstić information content (AvgIpc) is 3.22. The number of methoxy groups -OCH3 is 2. The van der Waals surface area contributed by atoms with Gasteiger partial charge in [0.25, 0.3) is 0 Å². The summed E-state index contributed by atoms with van der Waals surface area (Å²) in [5.74, 6) is 0.212. The molecular formula is C23H25FN6O3. The summed E-state index contributed by atoms with van der Waals surface area (Å²) in [6.07, 6.45) is 5.18. The molecule has 0 atom stereocenters. The number of anilines is 2. The molecule has 0 spiro atoms. The minimum Gasteiger partial charge on any atom is -0.497 e. The van der Waals surface area contributed by atoms with Gasteiger partial charge in [-0.2, -0.15) is 5.10 Å². The van der Waals surface area contributed by atoms with Gasteiger partial charge in [-0.3, -0.25) is 9.67 Å². The van der Waals surface area contributed by atoms with Crippen molar-refractivity contribution < 1.29 is 19.0 Å². The van der Waals surface area contributed by atoms with Crippen molar-refractivity contribution in [1.29, 1.82) is 0 Å².